The molecule has 2 N–H and O–H groups in total. The smallest absolute Gasteiger partial charge is 0.311 e. The average Bonchev–Trinajstić information content (AvgIpc) is 3.16. The van der Waals surface area contributed by atoms with Crippen molar-refractivity contribution in [2.45, 2.75) is 25.7 Å². The molecule has 160 valence electrons. The number of rotatable bonds is 6. The molecule has 0 unspecified atom stereocenters. The first kappa shape index (κ1) is 20.4. The number of nitro groups is 1. The van der Waals surface area contributed by atoms with Crippen LogP contribution in [-0.2, 0) is 12.8 Å². The fourth-order valence-electron chi connectivity index (χ4n) is 3.92. The highest BCUT2D eigenvalue weighted by atomic mass is 16.6. The second-order valence-corrected chi connectivity index (χ2v) is 7.27. The van der Waals surface area contributed by atoms with Crippen LogP contribution < -0.4 is 14.9 Å². The number of benzene rings is 2. The third-order valence-corrected chi connectivity index (χ3v) is 5.46. The molecule has 3 aromatic rings. The third kappa shape index (κ3) is 3.94. The molecule has 2 aromatic carbocycles. The summed E-state index contributed by atoms with van der Waals surface area (Å²) in [6, 6.07) is 8.21. The quantitative estimate of drug-likeness (QED) is 0.356. The molecule has 1 aliphatic carbocycles. The highest BCUT2D eigenvalue weighted by Gasteiger charge is 2.19. The van der Waals surface area contributed by atoms with Gasteiger partial charge in [-0.25, -0.2) is 5.43 Å². The monoisotopic (exact) mass is 422 g/mol. The molecule has 0 bridgehead atoms. The zero-order valence-corrected chi connectivity index (χ0v) is 17.2. The number of amides is 1. The number of ether oxygens (including phenoxy) is 2. The number of hydrogen-bond acceptors (Lipinski definition) is 6. The summed E-state index contributed by atoms with van der Waals surface area (Å²) in [5, 5.41) is 16.3. The van der Waals surface area contributed by atoms with Gasteiger partial charge in [-0.05, 0) is 49.4 Å². The highest BCUT2D eigenvalue weighted by molar-refractivity contribution is 5.99. The van der Waals surface area contributed by atoms with E-state index in [1.54, 1.807) is 6.07 Å². The van der Waals surface area contributed by atoms with Crippen LogP contribution in [0.5, 0.6) is 11.5 Å². The molecule has 1 amide bonds. The Hall–Kier alpha value is -3.88. The van der Waals surface area contributed by atoms with E-state index in [0.717, 1.165) is 30.2 Å². The number of methoxy groups -OCH3 is 2. The molecule has 1 aliphatic rings. The lowest BCUT2D eigenvalue weighted by molar-refractivity contribution is -0.385. The Morgan fingerprint density at radius 1 is 1.16 bits per heavy atom. The maximum Gasteiger partial charge on any atom is 0.311 e. The molecule has 0 saturated carbocycles. The summed E-state index contributed by atoms with van der Waals surface area (Å²) in [5.41, 5.74) is 6.65. The van der Waals surface area contributed by atoms with E-state index in [2.05, 4.69) is 15.5 Å². The minimum Gasteiger partial charge on any atom is -0.496 e. The van der Waals surface area contributed by atoms with E-state index >= 15 is 0 Å². The number of nitrogens with one attached hydrogen (secondary N) is 2. The van der Waals surface area contributed by atoms with Crippen LogP contribution in [0.3, 0.4) is 0 Å². The minimum atomic E-state index is -0.555. The Balaban J connectivity index is 1.56. The van der Waals surface area contributed by atoms with Gasteiger partial charge in [-0.3, -0.25) is 14.9 Å². The van der Waals surface area contributed by atoms with Gasteiger partial charge in [0.05, 0.1) is 25.4 Å². The second-order valence-electron chi connectivity index (χ2n) is 7.27. The Morgan fingerprint density at radius 3 is 2.68 bits per heavy atom. The first-order chi connectivity index (χ1) is 15.0. The van der Waals surface area contributed by atoms with Gasteiger partial charge in [0, 0.05) is 39.9 Å². The first-order valence-corrected chi connectivity index (χ1v) is 9.89. The van der Waals surface area contributed by atoms with Crippen molar-refractivity contribution >= 4 is 28.7 Å². The summed E-state index contributed by atoms with van der Waals surface area (Å²) in [6.07, 6.45) is 5.67. The Kier molecular flexibility index (Phi) is 5.57. The lowest BCUT2D eigenvalue weighted by Gasteiger charge is -2.10. The normalized spacial score (nSPS) is 13.2. The van der Waals surface area contributed by atoms with Crippen LogP contribution in [0.2, 0.25) is 0 Å². The molecule has 0 aliphatic heterocycles. The van der Waals surface area contributed by atoms with Crippen molar-refractivity contribution in [3.63, 3.8) is 0 Å². The Bertz CT molecular complexity index is 1200. The van der Waals surface area contributed by atoms with Gasteiger partial charge in [-0.1, -0.05) is 0 Å². The molecule has 4 rings (SSSR count). The van der Waals surface area contributed by atoms with Crippen molar-refractivity contribution in [3.8, 4) is 11.5 Å². The number of hydrogen-bond donors (Lipinski definition) is 2. The highest BCUT2D eigenvalue weighted by Crippen LogP contribution is 2.33. The number of hydrazone groups is 1. The summed E-state index contributed by atoms with van der Waals surface area (Å²) >= 11 is 0. The van der Waals surface area contributed by atoms with Crippen LogP contribution in [0.1, 0.15) is 40.0 Å². The number of nitro benzene ring substituents is 1. The standard InChI is InChI=1S/C22H22N4O5/c1-30-20-11-21(31-2)19(26(28)29)10-14(20)12-23-25-22(27)13-7-8-18-16(9-13)15-5-3-4-6-17(15)24-18/h7-12,24H,3-6H2,1-2H3,(H,25,27)/b23-12-. The lowest BCUT2D eigenvalue weighted by atomic mass is 9.95. The fourth-order valence-corrected chi connectivity index (χ4v) is 3.92. The van der Waals surface area contributed by atoms with Crippen molar-refractivity contribution in [2.24, 2.45) is 5.10 Å². The number of aromatic amines is 1. The second kappa shape index (κ2) is 8.47. The summed E-state index contributed by atoms with van der Waals surface area (Å²) in [5.74, 6) is 0.0397. The van der Waals surface area contributed by atoms with E-state index in [4.69, 9.17) is 9.47 Å². The molecule has 1 aromatic heterocycles. The van der Waals surface area contributed by atoms with Gasteiger partial charge in [0.15, 0.2) is 0 Å². The molecule has 31 heavy (non-hydrogen) atoms. The van der Waals surface area contributed by atoms with Crippen LogP contribution in [0.15, 0.2) is 35.4 Å². The summed E-state index contributed by atoms with van der Waals surface area (Å²) in [6.45, 7) is 0. The molecule has 0 saturated heterocycles. The number of aromatic nitrogens is 1. The molecular weight excluding hydrogens is 400 g/mol. The van der Waals surface area contributed by atoms with Crippen LogP contribution >= 0.6 is 0 Å². The molecule has 0 atom stereocenters. The van der Waals surface area contributed by atoms with Gasteiger partial charge < -0.3 is 14.5 Å². The van der Waals surface area contributed by atoms with Crippen molar-refractivity contribution in [1.29, 1.82) is 0 Å². The number of aryl methyl sites for hydroxylation is 2. The predicted octanol–water partition coefficient (Wildman–Crippen LogP) is 3.74. The fraction of sp³-hybridized carbons (Fsp3) is 0.273. The number of carbonyl (C=O) groups excluding carboxylic acids is 1. The summed E-state index contributed by atoms with van der Waals surface area (Å²) in [4.78, 5) is 26.7. The zero-order valence-electron chi connectivity index (χ0n) is 17.2. The maximum atomic E-state index is 12.6. The number of H-pyrrole nitrogens is 1. The van der Waals surface area contributed by atoms with E-state index in [0.29, 0.717) is 16.9 Å². The SMILES string of the molecule is COc1cc(OC)c([N+](=O)[O-])cc1/C=N\NC(=O)c1ccc2[nH]c3c(c2c1)CCCC3. The lowest BCUT2D eigenvalue weighted by Crippen LogP contribution is -2.17. The van der Waals surface area contributed by atoms with Gasteiger partial charge >= 0.3 is 5.69 Å². The van der Waals surface area contributed by atoms with Crippen LogP contribution in [-0.4, -0.2) is 36.2 Å². The van der Waals surface area contributed by atoms with E-state index in [1.807, 2.05) is 12.1 Å². The van der Waals surface area contributed by atoms with Gasteiger partial charge in [0.1, 0.15) is 5.75 Å². The van der Waals surface area contributed by atoms with E-state index in [1.165, 1.54) is 50.2 Å². The summed E-state index contributed by atoms with van der Waals surface area (Å²) in [7, 11) is 2.78. The number of nitrogens with zero attached hydrogens (tertiary/aromatic N) is 2. The molecule has 9 nitrogen and oxygen atoms in total. The Labute approximate surface area is 178 Å². The molecule has 0 fully saturated rings. The number of carbonyl (C=O) groups is 1. The third-order valence-electron chi connectivity index (χ3n) is 5.46. The van der Waals surface area contributed by atoms with E-state index in [-0.39, 0.29) is 17.3 Å². The molecule has 0 spiro atoms. The molecule has 1 heterocycles. The topological polar surface area (TPSA) is 119 Å². The van der Waals surface area contributed by atoms with Crippen molar-refractivity contribution < 1.29 is 19.2 Å². The van der Waals surface area contributed by atoms with Crippen LogP contribution in [0, 0.1) is 10.1 Å². The van der Waals surface area contributed by atoms with Gasteiger partial charge in [0.2, 0.25) is 5.75 Å². The van der Waals surface area contributed by atoms with Gasteiger partial charge in [-0.2, -0.15) is 5.10 Å². The molecular formula is C22H22N4O5. The van der Waals surface area contributed by atoms with Crippen LogP contribution in [0.25, 0.3) is 10.9 Å². The van der Waals surface area contributed by atoms with E-state index in [9.17, 15) is 14.9 Å². The largest absolute Gasteiger partial charge is 0.496 e. The number of fused-ring (bicyclic) bond motifs is 3. The maximum absolute atomic E-state index is 12.6. The van der Waals surface area contributed by atoms with Crippen LogP contribution in [0.4, 0.5) is 5.69 Å². The average molecular weight is 422 g/mol. The van der Waals surface area contributed by atoms with Gasteiger partial charge in [0.25, 0.3) is 5.91 Å². The van der Waals surface area contributed by atoms with Crippen molar-refractivity contribution in [1.82, 2.24) is 10.4 Å². The first-order valence-electron chi connectivity index (χ1n) is 9.89. The predicted molar refractivity (Wildman–Crippen MR) is 116 cm³/mol. The van der Waals surface area contributed by atoms with Crippen molar-refractivity contribution in [3.05, 3.63) is 62.8 Å². The van der Waals surface area contributed by atoms with E-state index < -0.39 is 4.92 Å². The minimum absolute atomic E-state index is 0.0752. The Morgan fingerprint density at radius 2 is 1.94 bits per heavy atom. The van der Waals surface area contributed by atoms with Crippen molar-refractivity contribution in [2.75, 3.05) is 14.2 Å². The molecule has 9 heteroatoms. The van der Waals surface area contributed by atoms with Gasteiger partial charge in [-0.15, -0.1) is 0 Å². The summed E-state index contributed by atoms with van der Waals surface area (Å²) < 4.78 is 10.3. The zero-order chi connectivity index (χ0) is 22.0. The molecule has 0 radical (unpaired) electrons.